The fourth-order valence-corrected chi connectivity index (χ4v) is 6.70. The molecule has 2 atom stereocenters. The van der Waals surface area contributed by atoms with Crippen LogP contribution in [0.5, 0.6) is 0 Å². The van der Waals surface area contributed by atoms with Crippen molar-refractivity contribution in [3.8, 4) is 10.8 Å². The highest BCUT2D eigenvalue weighted by molar-refractivity contribution is 14.1. The number of amides is 1. The van der Waals surface area contributed by atoms with E-state index in [1.807, 2.05) is 5.38 Å². The Morgan fingerprint density at radius 3 is 2.79 bits per heavy atom. The molecule has 0 aliphatic carbocycles. The van der Waals surface area contributed by atoms with Crippen LogP contribution in [-0.4, -0.2) is 39.0 Å². The van der Waals surface area contributed by atoms with Crippen molar-refractivity contribution in [2.75, 3.05) is 13.1 Å². The molecule has 3 saturated heterocycles. The number of hydrogen-bond acceptors (Lipinski definition) is 5. The van der Waals surface area contributed by atoms with Gasteiger partial charge in [0.15, 0.2) is 5.58 Å². The maximum Gasteiger partial charge on any atom is 0.253 e. The summed E-state index contributed by atoms with van der Waals surface area (Å²) in [6, 6.07) is 5.26. The number of nitrogens with one attached hydrogen (secondary N) is 1. The highest BCUT2D eigenvalue weighted by Crippen LogP contribution is 2.37. The molecule has 2 bridgehead atoms. The highest BCUT2D eigenvalue weighted by atomic mass is 127. The molecule has 5 heterocycles. The number of thiophene rings is 1. The molecule has 1 amide bonds. The fraction of sp³-hybridized carbons (Fsp3) is 0.368. The van der Waals surface area contributed by atoms with Crippen LogP contribution in [-0.2, 0) is 0 Å². The topological polar surface area (TPSA) is 58.4 Å². The number of hydrogen-bond donors (Lipinski definition) is 1. The maximum absolute atomic E-state index is 13.2. The molecule has 9 heteroatoms. The summed E-state index contributed by atoms with van der Waals surface area (Å²) in [4.78, 5) is 20.9. The number of piperidine rings is 3. The molecule has 1 aromatic carbocycles. The minimum absolute atomic E-state index is 0.128. The quantitative estimate of drug-likeness (QED) is 0.269. The molecule has 2 unspecified atom stereocenters. The van der Waals surface area contributed by atoms with Gasteiger partial charge < -0.3 is 9.73 Å². The Balaban J connectivity index is 1.50. The summed E-state index contributed by atoms with van der Waals surface area (Å²) in [5.74, 6) is 0.759. The Morgan fingerprint density at radius 1 is 1.32 bits per heavy atom. The van der Waals surface area contributed by atoms with Gasteiger partial charge in [0.05, 0.1) is 20.7 Å². The number of rotatable bonds is 3. The number of alkyl halides is 1. The second-order valence-corrected chi connectivity index (χ2v) is 10.2. The molecule has 2 aromatic heterocycles. The first-order valence-electron chi connectivity index (χ1n) is 9.03. The lowest BCUT2D eigenvalue weighted by molar-refractivity contribution is 0.0554. The van der Waals surface area contributed by atoms with Crippen molar-refractivity contribution in [2.24, 2.45) is 5.92 Å². The number of halogens is 3. The van der Waals surface area contributed by atoms with Crippen molar-refractivity contribution in [2.45, 2.75) is 22.9 Å². The lowest BCUT2D eigenvalue weighted by atomic mass is 9.84. The zero-order valence-electron chi connectivity index (χ0n) is 14.6. The van der Waals surface area contributed by atoms with Crippen molar-refractivity contribution >= 4 is 74.1 Å². The number of benzene rings is 1. The van der Waals surface area contributed by atoms with E-state index >= 15 is 0 Å². The summed E-state index contributed by atoms with van der Waals surface area (Å²) in [7, 11) is 0. The van der Waals surface area contributed by atoms with Gasteiger partial charge in [0.25, 0.3) is 5.91 Å². The van der Waals surface area contributed by atoms with Gasteiger partial charge in [-0.3, -0.25) is 9.69 Å². The van der Waals surface area contributed by atoms with E-state index in [9.17, 15) is 4.79 Å². The lowest BCUT2D eigenvalue weighted by Crippen LogP contribution is -2.61. The molecule has 28 heavy (non-hydrogen) atoms. The van der Waals surface area contributed by atoms with E-state index in [4.69, 9.17) is 27.6 Å². The molecule has 6 rings (SSSR count). The number of fused-ring (bicyclic) bond motifs is 4. The summed E-state index contributed by atoms with van der Waals surface area (Å²) in [5.41, 5.74) is 1.43. The third-order valence-corrected chi connectivity index (χ3v) is 8.65. The normalized spacial score (nSPS) is 26.7. The van der Waals surface area contributed by atoms with Crippen molar-refractivity contribution in [1.82, 2.24) is 15.2 Å². The Bertz CT molecular complexity index is 1060. The van der Waals surface area contributed by atoms with E-state index in [1.54, 1.807) is 18.2 Å². The zero-order valence-corrected chi connectivity index (χ0v) is 19.1. The lowest BCUT2D eigenvalue weighted by Gasteiger charge is -2.48. The Labute approximate surface area is 189 Å². The number of aromatic nitrogens is 1. The summed E-state index contributed by atoms with van der Waals surface area (Å²) in [6.45, 7) is 2.22. The van der Waals surface area contributed by atoms with Crippen LogP contribution in [0.2, 0.25) is 10.0 Å². The van der Waals surface area contributed by atoms with Crippen molar-refractivity contribution < 1.29 is 9.21 Å². The third kappa shape index (κ3) is 3.25. The van der Waals surface area contributed by atoms with Crippen LogP contribution in [0.4, 0.5) is 0 Å². The van der Waals surface area contributed by atoms with E-state index in [2.05, 4.69) is 37.8 Å². The van der Waals surface area contributed by atoms with Crippen LogP contribution in [0.1, 0.15) is 23.2 Å². The molecule has 3 aromatic rings. The van der Waals surface area contributed by atoms with Gasteiger partial charge in [-0.15, -0.1) is 11.3 Å². The first-order chi connectivity index (χ1) is 13.5. The molecule has 0 radical (unpaired) electrons. The van der Waals surface area contributed by atoms with Gasteiger partial charge in [0, 0.05) is 11.1 Å². The second-order valence-electron chi connectivity index (χ2n) is 7.16. The minimum Gasteiger partial charge on any atom is -0.435 e. The van der Waals surface area contributed by atoms with Crippen LogP contribution in [0, 0.1) is 5.92 Å². The molecule has 3 aliphatic rings. The largest absolute Gasteiger partial charge is 0.435 e. The SMILES string of the molecule is O=C(NC1C2CCN(CC2)C1I)c1cc(Cl)cc2oc(-c3sccc3Cl)nc12. The molecule has 0 saturated carbocycles. The van der Waals surface area contributed by atoms with E-state index in [0.717, 1.165) is 30.8 Å². The molecule has 3 aliphatic heterocycles. The van der Waals surface area contributed by atoms with Crippen LogP contribution in [0.15, 0.2) is 28.0 Å². The van der Waals surface area contributed by atoms with Gasteiger partial charge in [0.1, 0.15) is 10.4 Å². The average Bonchev–Trinajstić information content (AvgIpc) is 3.29. The van der Waals surface area contributed by atoms with E-state index in [-0.39, 0.29) is 11.9 Å². The van der Waals surface area contributed by atoms with Crippen LogP contribution < -0.4 is 5.32 Å². The van der Waals surface area contributed by atoms with E-state index in [1.165, 1.54) is 11.3 Å². The molecule has 3 fully saturated rings. The van der Waals surface area contributed by atoms with E-state index < -0.39 is 0 Å². The van der Waals surface area contributed by atoms with Crippen LogP contribution in [0.3, 0.4) is 0 Å². The average molecular weight is 548 g/mol. The summed E-state index contributed by atoms with van der Waals surface area (Å²) in [6.07, 6.45) is 2.25. The molecule has 5 nitrogen and oxygen atoms in total. The summed E-state index contributed by atoms with van der Waals surface area (Å²) in [5, 5.41) is 6.14. The maximum atomic E-state index is 13.2. The number of carbonyl (C=O) groups is 1. The number of oxazole rings is 1. The van der Waals surface area contributed by atoms with Gasteiger partial charge >= 0.3 is 0 Å². The first-order valence-corrected chi connectivity index (χ1v) is 11.9. The van der Waals surface area contributed by atoms with Gasteiger partial charge in [-0.1, -0.05) is 45.8 Å². The van der Waals surface area contributed by atoms with Gasteiger partial charge in [0.2, 0.25) is 5.89 Å². The highest BCUT2D eigenvalue weighted by Gasteiger charge is 2.41. The van der Waals surface area contributed by atoms with Gasteiger partial charge in [-0.05, 0) is 49.4 Å². The Morgan fingerprint density at radius 2 is 2.11 bits per heavy atom. The number of nitrogens with zero attached hydrogens (tertiary/aromatic N) is 2. The zero-order chi connectivity index (χ0) is 19.4. The Kier molecular flexibility index (Phi) is 5.07. The number of carbonyl (C=O) groups excluding carboxylic acids is 1. The van der Waals surface area contributed by atoms with Crippen molar-refractivity contribution in [1.29, 1.82) is 0 Å². The monoisotopic (exact) mass is 547 g/mol. The molecular formula is C19H16Cl2IN3O2S. The smallest absolute Gasteiger partial charge is 0.253 e. The Hall–Kier alpha value is -0.870. The van der Waals surface area contributed by atoms with Crippen LogP contribution >= 0.6 is 57.1 Å². The minimum atomic E-state index is -0.162. The summed E-state index contributed by atoms with van der Waals surface area (Å²) >= 11 is 16.4. The van der Waals surface area contributed by atoms with E-state index in [0.29, 0.717) is 42.6 Å². The predicted molar refractivity (Wildman–Crippen MR) is 121 cm³/mol. The molecule has 146 valence electrons. The summed E-state index contributed by atoms with van der Waals surface area (Å²) < 4.78 is 6.17. The predicted octanol–water partition coefficient (Wildman–Crippen LogP) is 5.45. The third-order valence-electron chi connectivity index (χ3n) is 5.54. The van der Waals surface area contributed by atoms with Crippen molar-refractivity contribution in [3.63, 3.8) is 0 Å². The van der Waals surface area contributed by atoms with Gasteiger partial charge in [-0.2, -0.15) is 0 Å². The van der Waals surface area contributed by atoms with Crippen LogP contribution in [0.25, 0.3) is 21.9 Å². The molecule has 0 spiro atoms. The first kappa shape index (κ1) is 19.1. The molecular weight excluding hydrogens is 532 g/mol. The standard InChI is InChI=1S/C19H16Cl2IN3O2S/c20-10-7-11(18(26)23-14-9-1-4-25(5-2-9)17(14)22)15-13(8-10)27-19(24-15)16-12(21)3-6-28-16/h3,6-9,14,17H,1-2,4-5H2,(H,23,26). The second kappa shape index (κ2) is 7.43. The molecule has 1 N–H and O–H groups in total. The van der Waals surface area contributed by atoms with Gasteiger partial charge in [-0.25, -0.2) is 4.98 Å². The fourth-order valence-electron chi connectivity index (χ4n) is 4.11. The van der Waals surface area contributed by atoms with Crippen molar-refractivity contribution in [3.05, 3.63) is 39.2 Å².